The number of hydrogen-bond acceptors (Lipinski definition) is 3. The van der Waals surface area contributed by atoms with Crippen LogP contribution in [0.5, 0.6) is 0 Å². The van der Waals surface area contributed by atoms with Crippen LogP contribution in [0, 0.1) is 5.92 Å². The summed E-state index contributed by atoms with van der Waals surface area (Å²) in [4.78, 5) is 29.5. The van der Waals surface area contributed by atoms with E-state index in [1.807, 2.05) is 7.05 Å². The normalized spacial score (nSPS) is 27.8. The van der Waals surface area contributed by atoms with Crippen LogP contribution in [-0.2, 0) is 4.79 Å². The van der Waals surface area contributed by atoms with Gasteiger partial charge in [-0.1, -0.05) is 0 Å². The molecule has 0 aliphatic carbocycles. The van der Waals surface area contributed by atoms with Gasteiger partial charge in [0.2, 0.25) is 0 Å². The van der Waals surface area contributed by atoms with Crippen molar-refractivity contribution in [3.8, 4) is 0 Å². The van der Waals surface area contributed by atoms with Gasteiger partial charge in [0.05, 0.1) is 0 Å². The standard InChI is InChI=1S/C12H21N5O2.HI/c1-12(9(18)15-11(19)16-12)8-4-6-17(7-5-8)10(13-2)14-3;/h8H,4-7H2,1-3H3,(H,13,14)(H2,15,16,18,19);1H. The van der Waals surface area contributed by atoms with E-state index in [1.54, 1.807) is 14.0 Å². The summed E-state index contributed by atoms with van der Waals surface area (Å²) in [6.07, 6.45) is 1.70. The number of urea groups is 1. The summed E-state index contributed by atoms with van der Waals surface area (Å²) in [7, 11) is 3.60. The van der Waals surface area contributed by atoms with Gasteiger partial charge in [-0.25, -0.2) is 4.79 Å². The highest BCUT2D eigenvalue weighted by Gasteiger charge is 2.48. The smallest absolute Gasteiger partial charge is 0.322 e. The maximum atomic E-state index is 11.9. The monoisotopic (exact) mass is 395 g/mol. The second-order valence-corrected chi connectivity index (χ2v) is 5.17. The molecule has 2 saturated heterocycles. The molecule has 0 aromatic rings. The first-order valence-corrected chi connectivity index (χ1v) is 6.54. The molecule has 114 valence electrons. The van der Waals surface area contributed by atoms with Crippen molar-refractivity contribution in [1.29, 1.82) is 0 Å². The van der Waals surface area contributed by atoms with E-state index >= 15 is 0 Å². The number of amides is 3. The van der Waals surface area contributed by atoms with E-state index < -0.39 is 5.54 Å². The molecule has 1 atom stereocenters. The molecule has 1 unspecified atom stereocenters. The third-order valence-corrected chi connectivity index (χ3v) is 4.12. The minimum Gasteiger partial charge on any atom is -0.359 e. The van der Waals surface area contributed by atoms with Crippen molar-refractivity contribution in [3.05, 3.63) is 0 Å². The number of carbonyl (C=O) groups excluding carboxylic acids is 2. The van der Waals surface area contributed by atoms with E-state index in [4.69, 9.17) is 0 Å². The summed E-state index contributed by atoms with van der Waals surface area (Å²) in [5.41, 5.74) is -0.771. The summed E-state index contributed by atoms with van der Waals surface area (Å²) in [6, 6.07) is -0.388. The molecule has 0 bridgehead atoms. The average Bonchev–Trinajstić information content (AvgIpc) is 2.66. The molecule has 3 amide bonds. The van der Waals surface area contributed by atoms with Gasteiger partial charge in [0, 0.05) is 27.2 Å². The zero-order valence-corrected chi connectivity index (χ0v) is 14.4. The maximum Gasteiger partial charge on any atom is 0.322 e. The van der Waals surface area contributed by atoms with E-state index in [0.717, 1.165) is 31.9 Å². The Morgan fingerprint density at radius 3 is 2.40 bits per heavy atom. The zero-order valence-electron chi connectivity index (χ0n) is 12.0. The number of rotatable bonds is 1. The fraction of sp³-hybridized carbons (Fsp3) is 0.750. The number of aliphatic imine (C=N–C) groups is 1. The molecule has 0 aromatic carbocycles. The number of guanidine groups is 1. The second-order valence-electron chi connectivity index (χ2n) is 5.17. The minimum atomic E-state index is -0.771. The zero-order chi connectivity index (χ0) is 14.0. The predicted molar refractivity (Wildman–Crippen MR) is 87.2 cm³/mol. The lowest BCUT2D eigenvalue weighted by molar-refractivity contribution is -0.125. The number of carbonyl (C=O) groups is 2. The highest BCUT2D eigenvalue weighted by atomic mass is 127. The summed E-state index contributed by atoms with van der Waals surface area (Å²) in [6.45, 7) is 3.47. The van der Waals surface area contributed by atoms with Gasteiger partial charge in [0.15, 0.2) is 5.96 Å². The SMILES string of the molecule is CN=C(NC)N1CCC(C2(C)NC(=O)NC2=O)CC1.I. The number of likely N-dealkylation sites (tertiary alicyclic amines) is 1. The van der Waals surface area contributed by atoms with Gasteiger partial charge < -0.3 is 15.5 Å². The minimum absolute atomic E-state index is 0. The number of nitrogens with one attached hydrogen (secondary N) is 3. The van der Waals surface area contributed by atoms with Gasteiger partial charge in [-0.05, 0) is 25.7 Å². The Bertz CT molecular complexity index is 420. The van der Waals surface area contributed by atoms with Gasteiger partial charge in [0.1, 0.15) is 5.54 Å². The molecule has 0 aromatic heterocycles. The molecule has 0 saturated carbocycles. The van der Waals surface area contributed by atoms with Gasteiger partial charge >= 0.3 is 6.03 Å². The van der Waals surface area contributed by atoms with Crippen molar-refractivity contribution in [1.82, 2.24) is 20.9 Å². The molecule has 2 heterocycles. The van der Waals surface area contributed by atoms with Crippen LogP contribution in [0.4, 0.5) is 4.79 Å². The number of nitrogens with zero attached hydrogens (tertiary/aromatic N) is 2. The van der Waals surface area contributed by atoms with E-state index in [0.29, 0.717) is 0 Å². The van der Waals surface area contributed by atoms with Crippen LogP contribution in [0.15, 0.2) is 4.99 Å². The lowest BCUT2D eigenvalue weighted by Gasteiger charge is -2.39. The average molecular weight is 395 g/mol. The largest absolute Gasteiger partial charge is 0.359 e. The molecule has 2 aliphatic rings. The summed E-state index contributed by atoms with van der Waals surface area (Å²) >= 11 is 0. The fourth-order valence-electron chi connectivity index (χ4n) is 2.92. The molecule has 20 heavy (non-hydrogen) atoms. The lowest BCUT2D eigenvalue weighted by Crippen LogP contribution is -2.55. The van der Waals surface area contributed by atoms with E-state index in [1.165, 1.54) is 0 Å². The number of piperidine rings is 1. The fourth-order valence-corrected chi connectivity index (χ4v) is 2.92. The van der Waals surface area contributed by atoms with Crippen LogP contribution in [0.1, 0.15) is 19.8 Å². The number of imide groups is 1. The van der Waals surface area contributed by atoms with Crippen molar-refractivity contribution < 1.29 is 9.59 Å². The van der Waals surface area contributed by atoms with E-state index in [2.05, 4.69) is 25.8 Å². The quantitative estimate of drug-likeness (QED) is 0.255. The molecular weight excluding hydrogens is 373 g/mol. The van der Waals surface area contributed by atoms with Gasteiger partial charge in [-0.3, -0.25) is 15.1 Å². The maximum absolute atomic E-state index is 11.9. The van der Waals surface area contributed by atoms with Crippen LogP contribution in [0.3, 0.4) is 0 Å². The molecule has 8 heteroatoms. The number of hydrogen-bond donors (Lipinski definition) is 3. The third kappa shape index (κ3) is 2.99. The Morgan fingerprint density at radius 1 is 1.40 bits per heavy atom. The number of halogens is 1. The van der Waals surface area contributed by atoms with Crippen LogP contribution >= 0.6 is 24.0 Å². The first-order chi connectivity index (χ1) is 9.01. The van der Waals surface area contributed by atoms with E-state index in [9.17, 15) is 9.59 Å². The molecule has 0 spiro atoms. The summed E-state index contributed by atoms with van der Waals surface area (Å²) in [5.74, 6) is 0.808. The van der Waals surface area contributed by atoms with Crippen LogP contribution in [-0.4, -0.2) is 55.5 Å². The highest BCUT2D eigenvalue weighted by molar-refractivity contribution is 14.0. The summed E-state index contributed by atoms with van der Waals surface area (Å²) in [5, 5.41) is 8.14. The first-order valence-electron chi connectivity index (χ1n) is 6.54. The molecule has 2 aliphatic heterocycles. The molecule has 0 radical (unpaired) electrons. The highest BCUT2D eigenvalue weighted by Crippen LogP contribution is 2.30. The van der Waals surface area contributed by atoms with Crippen molar-refractivity contribution in [3.63, 3.8) is 0 Å². The van der Waals surface area contributed by atoms with Crippen LogP contribution < -0.4 is 16.0 Å². The third-order valence-electron chi connectivity index (χ3n) is 4.12. The molecule has 7 nitrogen and oxygen atoms in total. The van der Waals surface area contributed by atoms with E-state index in [-0.39, 0.29) is 41.8 Å². The summed E-state index contributed by atoms with van der Waals surface area (Å²) < 4.78 is 0. The molecule has 2 rings (SSSR count). The Balaban J connectivity index is 0.00000200. The second kappa shape index (κ2) is 6.59. The van der Waals surface area contributed by atoms with Gasteiger partial charge in [-0.2, -0.15) is 0 Å². The van der Waals surface area contributed by atoms with Crippen molar-refractivity contribution in [2.24, 2.45) is 10.9 Å². The van der Waals surface area contributed by atoms with Crippen molar-refractivity contribution >= 4 is 41.9 Å². The molecular formula is C12H22IN5O2. The van der Waals surface area contributed by atoms with Gasteiger partial charge in [0.25, 0.3) is 5.91 Å². The Hall–Kier alpha value is -1.06. The van der Waals surface area contributed by atoms with Crippen molar-refractivity contribution in [2.75, 3.05) is 27.2 Å². The van der Waals surface area contributed by atoms with Crippen molar-refractivity contribution in [2.45, 2.75) is 25.3 Å². The molecule has 2 fully saturated rings. The Labute approximate surface area is 136 Å². The van der Waals surface area contributed by atoms with Crippen LogP contribution in [0.2, 0.25) is 0 Å². The Kier molecular flexibility index (Phi) is 5.60. The molecule has 3 N–H and O–H groups in total. The van der Waals surface area contributed by atoms with Crippen LogP contribution in [0.25, 0.3) is 0 Å². The predicted octanol–water partition coefficient (Wildman–Crippen LogP) is 0.120. The Morgan fingerprint density at radius 2 is 2.00 bits per heavy atom. The lowest BCUT2D eigenvalue weighted by atomic mass is 9.79. The first kappa shape index (κ1) is 17.0. The van der Waals surface area contributed by atoms with Gasteiger partial charge in [-0.15, -0.1) is 24.0 Å². The topological polar surface area (TPSA) is 85.8 Å².